The molecule has 2 rings (SSSR count). The predicted molar refractivity (Wildman–Crippen MR) is 80.1 cm³/mol. The van der Waals surface area contributed by atoms with Crippen LogP contribution in [0, 0.1) is 5.41 Å². The smallest absolute Gasteiger partial charge is 0.0601 e. The molecule has 2 aliphatic rings. The standard InChI is InChI=1S/C16H32N2O/c1-2-6-14(17)15(13-19)18-11-9-16(10-12-18)7-4-3-5-8-16/h14-15,19H,2-13,17H2,1H3. The fourth-order valence-corrected chi connectivity index (χ4v) is 4.18. The summed E-state index contributed by atoms with van der Waals surface area (Å²) in [6.45, 7) is 4.67. The van der Waals surface area contributed by atoms with E-state index >= 15 is 0 Å². The Morgan fingerprint density at radius 1 is 1.11 bits per heavy atom. The van der Waals surface area contributed by atoms with E-state index in [1.807, 2.05) is 0 Å². The van der Waals surface area contributed by atoms with Crippen molar-refractivity contribution in [1.29, 1.82) is 0 Å². The number of hydrogen-bond acceptors (Lipinski definition) is 3. The van der Waals surface area contributed by atoms with Crippen molar-refractivity contribution in [3.63, 3.8) is 0 Å². The van der Waals surface area contributed by atoms with Gasteiger partial charge < -0.3 is 10.8 Å². The molecule has 3 N–H and O–H groups in total. The zero-order valence-corrected chi connectivity index (χ0v) is 12.6. The maximum atomic E-state index is 9.66. The van der Waals surface area contributed by atoms with Gasteiger partial charge in [0.25, 0.3) is 0 Å². The van der Waals surface area contributed by atoms with Crippen molar-refractivity contribution in [3.05, 3.63) is 0 Å². The third-order valence-corrected chi connectivity index (χ3v) is 5.55. The van der Waals surface area contributed by atoms with Gasteiger partial charge in [0.15, 0.2) is 0 Å². The molecule has 3 nitrogen and oxygen atoms in total. The van der Waals surface area contributed by atoms with E-state index < -0.39 is 0 Å². The number of piperidine rings is 1. The second-order valence-corrected chi connectivity index (χ2v) is 6.80. The van der Waals surface area contributed by atoms with Crippen LogP contribution >= 0.6 is 0 Å². The monoisotopic (exact) mass is 268 g/mol. The van der Waals surface area contributed by atoms with Gasteiger partial charge in [0.05, 0.1) is 6.61 Å². The van der Waals surface area contributed by atoms with Crippen LogP contribution in [-0.2, 0) is 0 Å². The van der Waals surface area contributed by atoms with Crippen molar-refractivity contribution in [3.8, 4) is 0 Å². The minimum Gasteiger partial charge on any atom is -0.395 e. The Labute approximate surface area is 118 Å². The summed E-state index contributed by atoms with van der Waals surface area (Å²) in [6.07, 6.45) is 11.9. The quantitative estimate of drug-likeness (QED) is 0.805. The van der Waals surface area contributed by atoms with Crippen molar-refractivity contribution in [2.75, 3.05) is 19.7 Å². The summed E-state index contributed by atoms with van der Waals surface area (Å²) in [5, 5.41) is 9.66. The van der Waals surface area contributed by atoms with Crippen molar-refractivity contribution in [2.45, 2.75) is 76.8 Å². The molecule has 3 heteroatoms. The van der Waals surface area contributed by atoms with Crippen LogP contribution in [0.25, 0.3) is 0 Å². The number of nitrogens with two attached hydrogens (primary N) is 1. The maximum Gasteiger partial charge on any atom is 0.0601 e. The van der Waals surface area contributed by atoms with Gasteiger partial charge in [0, 0.05) is 12.1 Å². The van der Waals surface area contributed by atoms with E-state index in [0.29, 0.717) is 5.41 Å². The topological polar surface area (TPSA) is 49.5 Å². The Morgan fingerprint density at radius 3 is 2.26 bits per heavy atom. The van der Waals surface area contributed by atoms with E-state index in [2.05, 4.69) is 11.8 Å². The summed E-state index contributed by atoms with van der Waals surface area (Å²) >= 11 is 0. The van der Waals surface area contributed by atoms with E-state index in [4.69, 9.17) is 5.73 Å². The van der Waals surface area contributed by atoms with Gasteiger partial charge in [-0.25, -0.2) is 0 Å². The molecular weight excluding hydrogens is 236 g/mol. The molecule has 1 saturated heterocycles. The summed E-state index contributed by atoms with van der Waals surface area (Å²) in [5.74, 6) is 0. The normalized spacial score (nSPS) is 27.3. The van der Waals surface area contributed by atoms with Crippen LogP contribution in [0.2, 0.25) is 0 Å². The molecular formula is C16H32N2O. The van der Waals surface area contributed by atoms with Gasteiger partial charge in [-0.2, -0.15) is 0 Å². The Kier molecular flexibility index (Phi) is 5.67. The molecule has 0 aromatic heterocycles. The first-order chi connectivity index (χ1) is 9.21. The second-order valence-electron chi connectivity index (χ2n) is 6.80. The first-order valence-electron chi connectivity index (χ1n) is 8.31. The van der Waals surface area contributed by atoms with E-state index in [1.165, 1.54) is 44.9 Å². The molecule has 1 aliphatic carbocycles. The van der Waals surface area contributed by atoms with Crippen LogP contribution < -0.4 is 5.73 Å². The third kappa shape index (κ3) is 3.71. The van der Waals surface area contributed by atoms with Crippen LogP contribution in [0.5, 0.6) is 0 Å². The number of nitrogens with zero attached hydrogens (tertiary/aromatic N) is 1. The third-order valence-electron chi connectivity index (χ3n) is 5.55. The SMILES string of the molecule is CCCC(N)C(CO)N1CCC2(CCCCC2)CC1. The first-order valence-corrected chi connectivity index (χ1v) is 8.31. The Balaban J connectivity index is 1.87. The Morgan fingerprint density at radius 2 is 1.74 bits per heavy atom. The molecule has 2 atom stereocenters. The largest absolute Gasteiger partial charge is 0.395 e. The summed E-state index contributed by atoms with van der Waals surface area (Å²) in [7, 11) is 0. The average molecular weight is 268 g/mol. The van der Waals surface area contributed by atoms with Crippen molar-refractivity contribution >= 4 is 0 Å². The summed E-state index contributed by atoms with van der Waals surface area (Å²) in [6, 6.07) is 0.316. The van der Waals surface area contributed by atoms with Crippen LogP contribution in [0.4, 0.5) is 0 Å². The minimum absolute atomic E-state index is 0.135. The lowest BCUT2D eigenvalue weighted by molar-refractivity contribution is 0.0191. The lowest BCUT2D eigenvalue weighted by atomic mass is 9.68. The molecule has 2 fully saturated rings. The lowest BCUT2D eigenvalue weighted by Gasteiger charge is -2.47. The van der Waals surface area contributed by atoms with Gasteiger partial charge in [0.1, 0.15) is 0 Å². The van der Waals surface area contributed by atoms with Crippen LogP contribution in [0.15, 0.2) is 0 Å². The van der Waals surface area contributed by atoms with Gasteiger partial charge in [-0.05, 0) is 50.6 Å². The second kappa shape index (κ2) is 7.05. The Bertz CT molecular complexity index is 253. The summed E-state index contributed by atoms with van der Waals surface area (Å²) < 4.78 is 0. The molecule has 0 aromatic rings. The van der Waals surface area contributed by atoms with Crippen molar-refractivity contribution < 1.29 is 5.11 Å². The lowest BCUT2D eigenvalue weighted by Crippen LogP contribution is -2.54. The fourth-order valence-electron chi connectivity index (χ4n) is 4.18. The fraction of sp³-hybridized carbons (Fsp3) is 1.00. The highest BCUT2D eigenvalue weighted by atomic mass is 16.3. The van der Waals surface area contributed by atoms with Crippen molar-refractivity contribution in [1.82, 2.24) is 4.90 Å². The zero-order chi connectivity index (χ0) is 13.7. The van der Waals surface area contributed by atoms with Crippen molar-refractivity contribution in [2.24, 2.45) is 11.1 Å². The number of aliphatic hydroxyl groups is 1. The zero-order valence-electron chi connectivity index (χ0n) is 12.6. The number of likely N-dealkylation sites (tertiary alicyclic amines) is 1. The van der Waals surface area contributed by atoms with E-state index in [9.17, 15) is 5.11 Å². The minimum atomic E-state index is 0.135. The van der Waals surface area contributed by atoms with Crippen LogP contribution in [0.3, 0.4) is 0 Å². The number of hydrogen-bond donors (Lipinski definition) is 2. The average Bonchev–Trinajstić information content (AvgIpc) is 2.43. The van der Waals surface area contributed by atoms with E-state index in [-0.39, 0.29) is 18.7 Å². The molecule has 1 aliphatic heterocycles. The van der Waals surface area contributed by atoms with E-state index in [0.717, 1.165) is 25.9 Å². The molecule has 0 radical (unpaired) electrons. The molecule has 0 bridgehead atoms. The highest BCUT2D eigenvalue weighted by Crippen LogP contribution is 2.44. The predicted octanol–water partition coefficient (Wildman–Crippen LogP) is 2.52. The van der Waals surface area contributed by atoms with Gasteiger partial charge >= 0.3 is 0 Å². The Hall–Kier alpha value is -0.120. The van der Waals surface area contributed by atoms with E-state index in [1.54, 1.807) is 0 Å². The highest BCUT2D eigenvalue weighted by molar-refractivity contribution is 4.92. The molecule has 1 heterocycles. The molecule has 19 heavy (non-hydrogen) atoms. The molecule has 112 valence electrons. The van der Waals surface area contributed by atoms with Gasteiger partial charge in [0.2, 0.25) is 0 Å². The molecule has 1 spiro atoms. The molecule has 0 amide bonds. The van der Waals surface area contributed by atoms with Gasteiger partial charge in [-0.1, -0.05) is 32.6 Å². The summed E-state index contributed by atoms with van der Waals surface area (Å²) in [4.78, 5) is 2.46. The molecule has 1 saturated carbocycles. The molecule has 0 aromatic carbocycles. The number of aliphatic hydroxyl groups excluding tert-OH is 1. The maximum absolute atomic E-state index is 9.66. The summed E-state index contributed by atoms with van der Waals surface area (Å²) in [5.41, 5.74) is 6.88. The highest BCUT2D eigenvalue weighted by Gasteiger charge is 2.37. The molecule has 2 unspecified atom stereocenters. The first kappa shape index (κ1) is 15.3. The van der Waals surface area contributed by atoms with Gasteiger partial charge in [-0.3, -0.25) is 4.90 Å². The number of rotatable bonds is 5. The van der Waals surface area contributed by atoms with Crippen LogP contribution in [-0.4, -0.2) is 41.8 Å². The van der Waals surface area contributed by atoms with Crippen LogP contribution in [0.1, 0.15) is 64.7 Å². The van der Waals surface area contributed by atoms with Gasteiger partial charge in [-0.15, -0.1) is 0 Å².